The number of amides is 2. The molecular weight excluding hydrogens is 382 g/mol. The first-order valence-corrected chi connectivity index (χ1v) is 8.64. The molecule has 2 rings (SSSR count). The summed E-state index contributed by atoms with van der Waals surface area (Å²) in [5, 5.41) is 8.49. The van der Waals surface area contributed by atoms with Gasteiger partial charge in [-0.1, -0.05) is 24.3 Å². The molecule has 0 aliphatic carbocycles. The maximum Gasteiger partial charge on any atom is 0.243 e. The van der Waals surface area contributed by atoms with E-state index in [2.05, 4.69) is 0 Å². The van der Waals surface area contributed by atoms with Crippen molar-refractivity contribution in [1.82, 2.24) is 10.4 Å². The third kappa shape index (κ3) is 7.19. The molecule has 0 aromatic heterocycles. The van der Waals surface area contributed by atoms with Crippen molar-refractivity contribution in [2.45, 2.75) is 25.3 Å². The van der Waals surface area contributed by atoms with Crippen molar-refractivity contribution in [3.05, 3.63) is 59.7 Å². The van der Waals surface area contributed by atoms with Crippen LogP contribution in [-0.2, 0) is 22.4 Å². The van der Waals surface area contributed by atoms with Crippen LogP contribution < -0.4 is 16.0 Å². The van der Waals surface area contributed by atoms with Gasteiger partial charge in [-0.2, -0.15) is 0 Å². The number of halogens is 1. The topological polar surface area (TPSA) is 105 Å². The van der Waals surface area contributed by atoms with Crippen LogP contribution in [0.1, 0.15) is 17.5 Å². The molecule has 0 heterocycles. The fourth-order valence-corrected chi connectivity index (χ4v) is 2.54. The number of rotatable bonds is 8. The lowest BCUT2D eigenvalue weighted by molar-refractivity contribution is -0.130. The third-order valence-electron chi connectivity index (χ3n) is 4.06. The highest BCUT2D eigenvalue weighted by Gasteiger charge is 2.15. The Kier molecular flexibility index (Phi) is 9.44. The largest absolute Gasteiger partial charge is 0.457 e. The van der Waals surface area contributed by atoms with Gasteiger partial charge in [0.1, 0.15) is 11.5 Å². The van der Waals surface area contributed by atoms with Gasteiger partial charge in [0.15, 0.2) is 0 Å². The summed E-state index contributed by atoms with van der Waals surface area (Å²) < 4.78 is 5.80. The van der Waals surface area contributed by atoms with Gasteiger partial charge in [0.25, 0.3) is 0 Å². The molecule has 0 spiro atoms. The van der Waals surface area contributed by atoms with E-state index in [0.717, 1.165) is 11.1 Å². The first kappa shape index (κ1) is 23.4. The number of nitrogens with one attached hydrogen (secondary N) is 1. The number of carbonyl (C=O) groups is 2. The predicted molar refractivity (Wildman–Crippen MR) is 109 cm³/mol. The smallest absolute Gasteiger partial charge is 0.243 e. The number of likely N-dealkylation sites (N-methyl/N-ethyl adjacent to an activating group) is 1. The summed E-state index contributed by atoms with van der Waals surface area (Å²) in [4.78, 5) is 24.4. The molecular formula is C20H26ClN3O4. The van der Waals surface area contributed by atoms with Crippen LogP contribution in [0.3, 0.4) is 0 Å². The van der Waals surface area contributed by atoms with E-state index in [-0.39, 0.29) is 24.7 Å². The molecule has 8 heteroatoms. The predicted octanol–water partition coefficient (Wildman–Crippen LogP) is 2.30. The minimum Gasteiger partial charge on any atom is -0.457 e. The van der Waals surface area contributed by atoms with E-state index in [1.807, 2.05) is 48.5 Å². The molecule has 0 saturated heterocycles. The second kappa shape index (κ2) is 11.3. The summed E-state index contributed by atoms with van der Waals surface area (Å²) in [6.07, 6.45) is 1.22. The molecule has 0 saturated carbocycles. The molecule has 0 radical (unpaired) electrons. The van der Waals surface area contributed by atoms with Gasteiger partial charge in [-0.25, -0.2) is 5.48 Å². The molecule has 1 atom stereocenters. The van der Waals surface area contributed by atoms with Crippen molar-refractivity contribution in [3.8, 4) is 11.5 Å². The summed E-state index contributed by atoms with van der Waals surface area (Å²) >= 11 is 0. The SMILES string of the molecule is CN(C)C(=O)C(N)Cc1ccc(Oc2ccc(CCC(=O)NO)cc2)cc1.Cl. The van der Waals surface area contributed by atoms with E-state index in [4.69, 9.17) is 15.7 Å². The highest BCUT2D eigenvalue weighted by atomic mass is 35.5. The maximum absolute atomic E-state index is 11.8. The molecule has 0 aliphatic heterocycles. The average Bonchev–Trinajstić information content (AvgIpc) is 2.67. The number of nitrogens with two attached hydrogens (primary N) is 1. The Balaban J connectivity index is 0.00000392. The van der Waals surface area contributed by atoms with Crippen LogP contribution in [0, 0.1) is 0 Å². The standard InChI is InChI=1S/C20H25N3O4.ClH/c1-23(2)20(25)18(21)13-15-5-10-17(11-6-15)27-16-8-3-14(4-9-16)7-12-19(24)22-26;/h3-6,8-11,18,26H,7,12-13,21H2,1-2H3,(H,22,24);1H. The average molecular weight is 408 g/mol. The number of hydrogen-bond donors (Lipinski definition) is 3. The molecule has 0 bridgehead atoms. The lowest BCUT2D eigenvalue weighted by atomic mass is 10.1. The van der Waals surface area contributed by atoms with Crippen LogP contribution >= 0.6 is 12.4 Å². The number of aryl methyl sites for hydroxylation is 1. The lowest BCUT2D eigenvalue weighted by Crippen LogP contribution is -2.41. The highest BCUT2D eigenvalue weighted by molar-refractivity contribution is 5.85. The number of hydroxylamine groups is 1. The molecule has 4 N–H and O–H groups in total. The summed E-state index contributed by atoms with van der Waals surface area (Å²) in [7, 11) is 3.37. The first-order chi connectivity index (χ1) is 12.9. The zero-order chi connectivity index (χ0) is 19.8. The van der Waals surface area contributed by atoms with Gasteiger partial charge in [-0.05, 0) is 48.2 Å². The van der Waals surface area contributed by atoms with E-state index in [0.29, 0.717) is 24.3 Å². The van der Waals surface area contributed by atoms with Crippen molar-refractivity contribution in [2.24, 2.45) is 5.73 Å². The van der Waals surface area contributed by atoms with Crippen molar-refractivity contribution >= 4 is 24.2 Å². The van der Waals surface area contributed by atoms with Crippen molar-refractivity contribution < 1.29 is 19.5 Å². The van der Waals surface area contributed by atoms with E-state index in [1.165, 1.54) is 4.90 Å². The van der Waals surface area contributed by atoms with Crippen LogP contribution in [0.4, 0.5) is 0 Å². The van der Waals surface area contributed by atoms with Gasteiger partial charge >= 0.3 is 0 Å². The molecule has 152 valence electrons. The number of ether oxygens (including phenoxy) is 1. The van der Waals surface area contributed by atoms with Crippen LogP contribution in [-0.4, -0.2) is 42.1 Å². The number of carbonyl (C=O) groups excluding carboxylic acids is 2. The van der Waals surface area contributed by atoms with E-state index < -0.39 is 11.9 Å². The highest BCUT2D eigenvalue weighted by Crippen LogP contribution is 2.22. The monoisotopic (exact) mass is 407 g/mol. The zero-order valence-electron chi connectivity index (χ0n) is 15.9. The van der Waals surface area contributed by atoms with Crippen LogP contribution in [0.2, 0.25) is 0 Å². The Morgan fingerprint density at radius 3 is 2.00 bits per heavy atom. The van der Waals surface area contributed by atoms with Gasteiger partial charge in [0.2, 0.25) is 11.8 Å². The fraction of sp³-hybridized carbons (Fsp3) is 0.300. The van der Waals surface area contributed by atoms with Gasteiger partial charge < -0.3 is 15.4 Å². The Morgan fingerprint density at radius 2 is 1.54 bits per heavy atom. The molecule has 2 amide bonds. The van der Waals surface area contributed by atoms with E-state index in [1.54, 1.807) is 19.6 Å². The number of hydrogen-bond acceptors (Lipinski definition) is 5. The summed E-state index contributed by atoms with van der Waals surface area (Å²) in [6, 6.07) is 14.3. The molecule has 7 nitrogen and oxygen atoms in total. The quantitative estimate of drug-likeness (QED) is 0.460. The normalized spacial score (nSPS) is 11.1. The second-order valence-corrected chi connectivity index (χ2v) is 6.47. The Hall–Kier alpha value is -2.61. The minimum atomic E-state index is -0.563. The molecule has 2 aromatic carbocycles. The van der Waals surface area contributed by atoms with Gasteiger partial charge in [0.05, 0.1) is 6.04 Å². The number of benzene rings is 2. The maximum atomic E-state index is 11.8. The fourth-order valence-electron chi connectivity index (χ4n) is 2.54. The molecule has 0 aliphatic rings. The lowest BCUT2D eigenvalue weighted by Gasteiger charge is -2.16. The first-order valence-electron chi connectivity index (χ1n) is 8.64. The molecule has 28 heavy (non-hydrogen) atoms. The zero-order valence-corrected chi connectivity index (χ0v) is 16.7. The van der Waals surface area contributed by atoms with Gasteiger partial charge in [-0.15, -0.1) is 12.4 Å². The second-order valence-electron chi connectivity index (χ2n) is 6.47. The van der Waals surface area contributed by atoms with Gasteiger partial charge in [-0.3, -0.25) is 14.8 Å². The van der Waals surface area contributed by atoms with Crippen molar-refractivity contribution in [1.29, 1.82) is 0 Å². The van der Waals surface area contributed by atoms with Crippen molar-refractivity contribution in [3.63, 3.8) is 0 Å². The van der Waals surface area contributed by atoms with Crippen LogP contribution in [0.5, 0.6) is 11.5 Å². The Labute approximate surface area is 170 Å². The third-order valence-corrected chi connectivity index (χ3v) is 4.06. The van der Waals surface area contributed by atoms with Crippen LogP contribution in [0.25, 0.3) is 0 Å². The van der Waals surface area contributed by atoms with Crippen LogP contribution in [0.15, 0.2) is 48.5 Å². The summed E-state index contributed by atoms with van der Waals surface area (Å²) in [6.45, 7) is 0. The summed E-state index contributed by atoms with van der Waals surface area (Å²) in [5.41, 5.74) is 9.47. The number of nitrogens with zero attached hydrogens (tertiary/aromatic N) is 1. The van der Waals surface area contributed by atoms with Gasteiger partial charge in [0, 0.05) is 20.5 Å². The minimum absolute atomic E-state index is 0. The Morgan fingerprint density at radius 1 is 1.04 bits per heavy atom. The molecule has 2 aromatic rings. The molecule has 0 fully saturated rings. The Bertz CT molecular complexity index is 764. The summed E-state index contributed by atoms with van der Waals surface area (Å²) in [5.74, 6) is 0.838. The van der Waals surface area contributed by atoms with E-state index >= 15 is 0 Å². The van der Waals surface area contributed by atoms with Crippen molar-refractivity contribution in [2.75, 3.05) is 14.1 Å². The van der Waals surface area contributed by atoms with E-state index in [9.17, 15) is 9.59 Å². The molecule has 1 unspecified atom stereocenters.